The smallest absolute Gasteiger partial charge is 0.218 e. The molecule has 2 atom stereocenters. The lowest BCUT2D eigenvalue weighted by Gasteiger charge is -2.34. The molecule has 0 aromatic carbocycles. The van der Waals surface area contributed by atoms with Gasteiger partial charge in [-0.2, -0.15) is 0 Å². The summed E-state index contributed by atoms with van der Waals surface area (Å²) in [4.78, 5) is 12.7. The fourth-order valence-corrected chi connectivity index (χ4v) is 3.57. The molecule has 1 rings (SSSR count). The molecule has 0 aromatic heterocycles. The molecule has 1 amide bonds. The number of hydrogen-bond acceptors (Lipinski definition) is 5. The van der Waals surface area contributed by atoms with Crippen LogP contribution in [-0.2, 0) is 14.6 Å². The number of rotatable bonds is 6. The zero-order chi connectivity index (χ0) is 13.8. The van der Waals surface area contributed by atoms with Crippen molar-refractivity contribution in [2.24, 2.45) is 17.4 Å². The minimum Gasteiger partial charge on any atom is -0.370 e. The molecule has 0 aromatic rings. The van der Waals surface area contributed by atoms with E-state index in [0.717, 1.165) is 19.5 Å². The summed E-state index contributed by atoms with van der Waals surface area (Å²) in [5.74, 6) is -0.161. The molecule has 1 heterocycles. The first-order chi connectivity index (χ1) is 8.28. The second-order valence-corrected chi connectivity index (χ2v) is 7.53. The van der Waals surface area contributed by atoms with Gasteiger partial charge in [-0.1, -0.05) is 6.92 Å². The number of amides is 1. The van der Waals surface area contributed by atoms with Crippen LogP contribution < -0.4 is 11.5 Å². The normalized spacial score (nSPS) is 26.1. The van der Waals surface area contributed by atoms with Crippen LogP contribution >= 0.6 is 0 Å². The van der Waals surface area contributed by atoms with Crippen molar-refractivity contribution in [1.82, 2.24) is 4.90 Å². The topological polar surface area (TPSA) is 106 Å². The summed E-state index contributed by atoms with van der Waals surface area (Å²) in [7, 11) is -3.19. The molecule has 0 aliphatic carbocycles. The van der Waals surface area contributed by atoms with Crippen LogP contribution in [0.4, 0.5) is 0 Å². The van der Waals surface area contributed by atoms with Crippen LogP contribution in [0.2, 0.25) is 0 Å². The van der Waals surface area contributed by atoms with Gasteiger partial charge in [-0.05, 0) is 12.3 Å². The summed E-state index contributed by atoms with van der Waals surface area (Å²) in [6.07, 6.45) is 0.892. The Morgan fingerprint density at radius 2 is 2.00 bits per heavy atom. The summed E-state index contributed by atoms with van der Waals surface area (Å²) in [5.41, 5.74) is 10.8. The number of sulfone groups is 1. The van der Waals surface area contributed by atoms with E-state index < -0.39 is 15.7 Å². The monoisotopic (exact) mass is 277 g/mol. The van der Waals surface area contributed by atoms with Crippen LogP contribution in [-0.4, -0.2) is 56.4 Å². The highest BCUT2D eigenvalue weighted by molar-refractivity contribution is 7.91. The number of piperidine rings is 1. The van der Waals surface area contributed by atoms with E-state index >= 15 is 0 Å². The highest BCUT2D eigenvalue weighted by atomic mass is 32.2. The van der Waals surface area contributed by atoms with Crippen molar-refractivity contribution in [2.75, 3.05) is 31.1 Å². The molecule has 0 saturated carbocycles. The molecular weight excluding hydrogens is 254 g/mol. The maximum absolute atomic E-state index is 11.7. The predicted molar refractivity (Wildman–Crippen MR) is 70.7 cm³/mol. The molecule has 1 aliphatic heterocycles. The van der Waals surface area contributed by atoms with Crippen LogP contribution in [0.5, 0.6) is 0 Å². The molecule has 0 radical (unpaired) electrons. The minimum atomic E-state index is -3.19. The lowest BCUT2D eigenvalue weighted by Crippen LogP contribution is -2.47. The standard InChI is InChI=1S/C11H23N3O3S/c1-9-6-10(12)8-14(7-9)3-5-18(16,17)4-2-11(13)15/h9-10H,2-8,12H2,1H3,(H2,13,15). The maximum atomic E-state index is 11.7. The Bertz CT molecular complexity index is 373. The van der Waals surface area contributed by atoms with E-state index in [0.29, 0.717) is 12.5 Å². The van der Waals surface area contributed by atoms with Crippen molar-refractivity contribution in [1.29, 1.82) is 0 Å². The van der Waals surface area contributed by atoms with Crippen LogP contribution in [0, 0.1) is 5.92 Å². The predicted octanol–water partition coefficient (Wildman–Crippen LogP) is -1.05. The largest absolute Gasteiger partial charge is 0.370 e. The molecular formula is C11H23N3O3S. The lowest BCUT2D eigenvalue weighted by molar-refractivity contribution is -0.117. The molecule has 1 fully saturated rings. The molecule has 4 N–H and O–H groups in total. The van der Waals surface area contributed by atoms with Crippen molar-refractivity contribution in [3.05, 3.63) is 0 Å². The SMILES string of the molecule is CC1CC(N)CN(CCS(=O)(=O)CCC(N)=O)C1. The Hall–Kier alpha value is -0.660. The van der Waals surface area contributed by atoms with Crippen molar-refractivity contribution in [2.45, 2.75) is 25.8 Å². The first-order valence-corrected chi connectivity index (χ1v) is 8.07. The molecule has 18 heavy (non-hydrogen) atoms. The van der Waals surface area contributed by atoms with Gasteiger partial charge in [0, 0.05) is 32.1 Å². The zero-order valence-electron chi connectivity index (χ0n) is 10.8. The van der Waals surface area contributed by atoms with Gasteiger partial charge in [0.2, 0.25) is 5.91 Å². The molecule has 0 bridgehead atoms. The third-order valence-corrected chi connectivity index (χ3v) is 4.78. The van der Waals surface area contributed by atoms with Crippen LogP contribution in [0.25, 0.3) is 0 Å². The van der Waals surface area contributed by atoms with Gasteiger partial charge in [-0.3, -0.25) is 4.79 Å². The fraction of sp³-hybridized carbons (Fsp3) is 0.909. The zero-order valence-corrected chi connectivity index (χ0v) is 11.7. The fourth-order valence-electron chi connectivity index (χ4n) is 2.32. The van der Waals surface area contributed by atoms with Crippen molar-refractivity contribution in [3.8, 4) is 0 Å². The van der Waals surface area contributed by atoms with E-state index in [1.165, 1.54) is 0 Å². The Labute approximate surface area is 109 Å². The summed E-state index contributed by atoms with van der Waals surface area (Å²) in [5, 5.41) is 0. The summed E-state index contributed by atoms with van der Waals surface area (Å²) in [6.45, 7) is 4.24. The number of hydrogen-bond donors (Lipinski definition) is 2. The van der Waals surface area contributed by atoms with E-state index in [4.69, 9.17) is 11.5 Å². The van der Waals surface area contributed by atoms with Gasteiger partial charge in [0.15, 0.2) is 9.84 Å². The van der Waals surface area contributed by atoms with E-state index in [9.17, 15) is 13.2 Å². The molecule has 7 heteroatoms. The van der Waals surface area contributed by atoms with Crippen molar-refractivity contribution >= 4 is 15.7 Å². The minimum absolute atomic E-state index is 0.0692. The van der Waals surface area contributed by atoms with Crippen LogP contribution in [0.3, 0.4) is 0 Å². The van der Waals surface area contributed by atoms with Gasteiger partial charge < -0.3 is 16.4 Å². The maximum Gasteiger partial charge on any atom is 0.218 e. The number of nitrogens with two attached hydrogens (primary N) is 2. The number of carbonyl (C=O) groups excluding carboxylic acids is 1. The number of carbonyl (C=O) groups is 1. The van der Waals surface area contributed by atoms with E-state index in [1.807, 2.05) is 0 Å². The Kier molecular flexibility index (Phi) is 5.55. The summed E-state index contributed by atoms with van der Waals surface area (Å²) in [6, 6.07) is 0.127. The van der Waals surface area contributed by atoms with Gasteiger partial charge in [0.25, 0.3) is 0 Å². The average molecular weight is 277 g/mol. The van der Waals surface area contributed by atoms with E-state index in [2.05, 4.69) is 11.8 Å². The molecule has 1 saturated heterocycles. The molecule has 1 aliphatic rings. The molecule has 106 valence electrons. The van der Waals surface area contributed by atoms with Gasteiger partial charge in [-0.25, -0.2) is 8.42 Å². The second-order valence-electron chi connectivity index (χ2n) is 5.23. The van der Waals surface area contributed by atoms with Gasteiger partial charge in [0.05, 0.1) is 11.5 Å². The third-order valence-electron chi connectivity index (χ3n) is 3.15. The Morgan fingerprint density at radius 3 is 2.56 bits per heavy atom. The first-order valence-electron chi connectivity index (χ1n) is 6.25. The van der Waals surface area contributed by atoms with Crippen molar-refractivity contribution < 1.29 is 13.2 Å². The number of likely N-dealkylation sites (tertiary alicyclic amines) is 1. The van der Waals surface area contributed by atoms with Gasteiger partial charge in [0.1, 0.15) is 0 Å². The Balaban J connectivity index is 2.37. The van der Waals surface area contributed by atoms with Gasteiger partial charge >= 0.3 is 0 Å². The number of primary amides is 1. The van der Waals surface area contributed by atoms with Crippen LogP contribution in [0.1, 0.15) is 19.8 Å². The molecule has 0 spiro atoms. The summed E-state index contributed by atoms with van der Waals surface area (Å²) < 4.78 is 23.4. The van der Waals surface area contributed by atoms with Crippen molar-refractivity contribution in [3.63, 3.8) is 0 Å². The molecule has 6 nitrogen and oxygen atoms in total. The quantitative estimate of drug-likeness (QED) is 0.644. The average Bonchev–Trinajstić information content (AvgIpc) is 2.23. The van der Waals surface area contributed by atoms with Crippen LogP contribution in [0.15, 0.2) is 0 Å². The first kappa shape index (κ1) is 15.4. The third kappa shape index (κ3) is 5.79. The molecule has 2 unspecified atom stereocenters. The van der Waals surface area contributed by atoms with Gasteiger partial charge in [-0.15, -0.1) is 0 Å². The lowest BCUT2D eigenvalue weighted by atomic mass is 9.97. The number of nitrogens with zero attached hydrogens (tertiary/aromatic N) is 1. The van der Waals surface area contributed by atoms with E-state index in [-0.39, 0.29) is 24.0 Å². The second kappa shape index (κ2) is 6.49. The summed E-state index contributed by atoms with van der Waals surface area (Å²) >= 11 is 0. The Morgan fingerprint density at radius 1 is 1.33 bits per heavy atom. The highest BCUT2D eigenvalue weighted by Gasteiger charge is 2.23. The van der Waals surface area contributed by atoms with E-state index in [1.54, 1.807) is 0 Å². The highest BCUT2D eigenvalue weighted by Crippen LogP contribution is 2.14.